The average molecular weight is 257 g/mol. The third-order valence-electron chi connectivity index (χ3n) is 2.18. The van der Waals surface area contributed by atoms with E-state index in [2.05, 4.69) is 4.98 Å². The van der Waals surface area contributed by atoms with Gasteiger partial charge in [0.1, 0.15) is 5.82 Å². The van der Waals surface area contributed by atoms with E-state index in [1.54, 1.807) is 13.2 Å². The van der Waals surface area contributed by atoms with E-state index in [-0.39, 0.29) is 17.4 Å². The van der Waals surface area contributed by atoms with Crippen molar-refractivity contribution in [1.29, 1.82) is 0 Å². The summed E-state index contributed by atoms with van der Waals surface area (Å²) in [5.74, 6) is -0.0900. The Morgan fingerprint density at radius 3 is 2.76 bits per heavy atom. The molecule has 94 valence electrons. The molecule has 7 heteroatoms. The predicted molar refractivity (Wildman–Crippen MR) is 64.6 cm³/mol. The summed E-state index contributed by atoms with van der Waals surface area (Å²) in [6, 6.07) is 0. The molecule has 1 aromatic heterocycles. The molecular formula is C10H15N3O3S. The zero-order chi connectivity index (χ0) is 12.8. The molecule has 17 heavy (non-hydrogen) atoms. The van der Waals surface area contributed by atoms with Gasteiger partial charge in [-0.2, -0.15) is 0 Å². The van der Waals surface area contributed by atoms with Crippen molar-refractivity contribution >= 4 is 23.6 Å². The molecule has 1 heterocycles. The smallest absolute Gasteiger partial charge is 0.313 e. The Labute approximate surface area is 104 Å². The number of hydrogen-bond donors (Lipinski definition) is 1. The minimum absolute atomic E-state index is 0.0536. The lowest BCUT2D eigenvalue weighted by Crippen LogP contribution is -2.29. The predicted octanol–water partition coefficient (Wildman–Crippen LogP) is 0.196. The summed E-state index contributed by atoms with van der Waals surface area (Å²) in [5.41, 5.74) is 0. The molecule has 0 atom stereocenters. The van der Waals surface area contributed by atoms with E-state index in [4.69, 9.17) is 5.11 Å². The van der Waals surface area contributed by atoms with Gasteiger partial charge < -0.3 is 14.6 Å². The first-order valence-electron chi connectivity index (χ1n) is 5.00. The van der Waals surface area contributed by atoms with Crippen LogP contribution >= 0.6 is 11.8 Å². The maximum atomic E-state index is 11.6. The van der Waals surface area contributed by atoms with Gasteiger partial charge in [0.15, 0.2) is 0 Å². The van der Waals surface area contributed by atoms with E-state index in [1.165, 1.54) is 4.90 Å². The van der Waals surface area contributed by atoms with Crippen LogP contribution in [-0.2, 0) is 23.2 Å². The summed E-state index contributed by atoms with van der Waals surface area (Å²) in [6.45, 7) is 0.427. The molecule has 1 N–H and O–H groups in total. The average Bonchev–Trinajstić information content (AvgIpc) is 2.63. The second-order valence-electron chi connectivity index (χ2n) is 3.59. The molecule has 0 aliphatic carbocycles. The highest BCUT2D eigenvalue weighted by Gasteiger charge is 2.12. The minimum Gasteiger partial charge on any atom is -0.481 e. The summed E-state index contributed by atoms with van der Waals surface area (Å²) in [4.78, 5) is 27.6. The Bertz CT molecular complexity index is 405. The molecule has 0 saturated heterocycles. The van der Waals surface area contributed by atoms with E-state index in [9.17, 15) is 9.59 Å². The first-order chi connectivity index (χ1) is 8.00. The Kier molecular flexibility index (Phi) is 5.02. The van der Waals surface area contributed by atoms with Crippen molar-refractivity contribution in [2.45, 2.75) is 6.54 Å². The lowest BCUT2D eigenvalue weighted by molar-refractivity contribution is -0.133. The Hall–Kier alpha value is -1.50. The molecule has 0 spiro atoms. The van der Waals surface area contributed by atoms with Gasteiger partial charge in [0, 0.05) is 26.5 Å². The number of nitrogens with zero attached hydrogens (tertiary/aromatic N) is 3. The van der Waals surface area contributed by atoms with Gasteiger partial charge in [0.25, 0.3) is 0 Å². The number of hydrogen-bond acceptors (Lipinski definition) is 4. The monoisotopic (exact) mass is 257 g/mol. The fourth-order valence-corrected chi connectivity index (χ4v) is 1.86. The molecule has 0 fully saturated rings. The van der Waals surface area contributed by atoms with E-state index in [0.29, 0.717) is 6.54 Å². The standard InChI is InChI=1S/C10H15N3O3S/c1-12-4-3-11-8(12)5-13(2)9(14)6-17-7-10(15)16/h3-4H,5-7H2,1-2H3,(H,15,16). The van der Waals surface area contributed by atoms with Crippen molar-refractivity contribution in [3.8, 4) is 0 Å². The first kappa shape index (κ1) is 13.6. The van der Waals surface area contributed by atoms with Crippen molar-refractivity contribution in [2.24, 2.45) is 7.05 Å². The fourth-order valence-electron chi connectivity index (χ4n) is 1.18. The van der Waals surface area contributed by atoms with Crippen molar-refractivity contribution in [2.75, 3.05) is 18.6 Å². The van der Waals surface area contributed by atoms with Crippen LogP contribution in [0.1, 0.15) is 5.82 Å². The zero-order valence-corrected chi connectivity index (χ0v) is 10.6. The van der Waals surface area contributed by atoms with Gasteiger partial charge in [-0.15, -0.1) is 11.8 Å². The normalized spacial score (nSPS) is 10.2. The van der Waals surface area contributed by atoms with Gasteiger partial charge in [-0.3, -0.25) is 9.59 Å². The summed E-state index contributed by atoms with van der Waals surface area (Å²) < 4.78 is 1.84. The van der Waals surface area contributed by atoms with E-state index in [0.717, 1.165) is 17.6 Å². The molecule has 0 aliphatic rings. The van der Waals surface area contributed by atoms with Gasteiger partial charge in [0.05, 0.1) is 18.1 Å². The molecule has 6 nitrogen and oxygen atoms in total. The largest absolute Gasteiger partial charge is 0.481 e. The van der Waals surface area contributed by atoms with Crippen LogP contribution in [0.3, 0.4) is 0 Å². The second-order valence-corrected chi connectivity index (χ2v) is 4.58. The molecule has 0 radical (unpaired) electrons. The number of aliphatic carboxylic acids is 1. The third-order valence-corrected chi connectivity index (χ3v) is 3.08. The molecule has 0 bridgehead atoms. The summed E-state index contributed by atoms with van der Waals surface area (Å²) >= 11 is 1.10. The Morgan fingerprint density at radius 2 is 2.24 bits per heavy atom. The highest BCUT2D eigenvalue weighted by molar-refractivity contribution is 8.00. The summed E-state index contributed by atoms with van der Waals surface area (Å²) in [5, 5.41) is 8.45. The summed E-state index contributed by atoms with van der Waals surface area (Å²) in [6.07, 6.45) is 3.49. The van der Waals surface area contributed by atoms with Crippen molar-refractivity contribution < 1.29 is 14.7 Å². The topological polar surface area (TPSA) is 75.4 Å². The van der Waals surface area contributed by atoms with Crippen molar-refractivity contribution in [3.63, 3.8) is 0 Å². The molecule has 0 unspecified atom stereocenters. The van der Waals surface area contributed by atoms with Gasteiger partial charge in [-0.25, -0.2) is 4.98 Å². The first-order valence-corrected chi connectivity index (χ1v) is 6.16. The molecule has 1 amide bonds. The fraction of sp³-hybridized carbons (Fsp3) is 0.500. The molecule has 0 aromatic carbocycles. The highest BCUT2D eigenvalue weighted by Crippen LogP contribution is 2.04. The van der Waals surface area contributed by atoms with Crippen LogP contribution in [0.15, 0.2) is 12.4 Å². The van der Waals surface area contributed by atoms with E-state index >= 15 is 0 Å². The molecule has 0 saturated carbocycles. The quantitative estimate of drug-likeness (QED) is 0.787. The van der Waals surface area contributed by atoms with Crippen molar-refractivity contribution in [1.82, 2.24) is 14.5 Å². The van der Waals surface area contributed by atoms with Crippen LogP contribution in [0.25, 0.3) is 0 Å². The van der Waals surface area contributed by atoms with Gasteiger partial charge in [0.2, 0.25) is 5.91 Å². The lowest BCUT2D eigenvalue weighted by Gasteiger charge is -2.16. The number of aromatic nitrogens is 2. The maximum Gasteiger partial charge on any atom is 0.313 e. The van der Waals surface area contributed by atoms with Crippen LogP contribution < -0.4 is 0 Å². The van der Waals surface area contributed by atoms with Crippen LogP contribution in [0.5, 0.6) is 0 Å². The van der Waals surface area contributed by atoms with Crippen LogP contribution in [0.2, 0.25) is 0 Å². The minimum atomic E-state index is -0.908. The third kappa shape index (κ3) is 4.48. The van der Waals surface area contributed by atoms with Gasteiger partial charge in [-0.1, -0.05) is 0 Å². The number of thioether (sulfide) groups is 1. The maximum absolute atomic E-state index is 11.6. The SMILES string of the molecule is CN(Cc1nccn1C)C(=O)CSCC(=O)O. The number of aryl methyl sites for hydroxylation is 1. The van der Waals surface area contributed by atoms with E-state index in [1.807, 2.05) is 17.8 Å². The van der Waals surface area contributed by atoms with Crippen LogP contribution in [0.4, 0.5) is 0 Å². The summed E-state index contributed by atoms with van der Waals surface area (Å²) in [7, 11) is 3.54. The molecule has 1 aromatic rings. The Balaban J connectivity index is 2.37. The molecule has 0 aliphatic heterocycles. The Morgan fingerprint density at radius 1 is 1.53 bits per heavy atom. The zero-order valence-electron chi connectivity index (χ0n) is 9.79. The number of rotatable bonds is 6. The number of carboxylic acids is 1. The van der Waals surface area contributed by atoms with Gasteiger partial charge in [-0.05, 0) is 0 Å². The number of carbonyl (C=O) groups is 2. The highest BCUT2D eigenvalue weighted by atomic mass is 32.2. The van der Waals surface area contributed by atoms with Crippen LogP contribution in [0, 0.1) is 0 Å². The number of amides is 1. The number of imidazole rings is 1. The molecule has 1 rings (SSSR count). The van der Waals surface area contributed by atoms with E-state index < -0.39 is 5.97 Å². The molecular weight excluding hydrogens is 242 g/mol. The number of carboxylic acid groups (broad SMARTS) is 1. The second kappa shape index (κ2) is 6.29. The van der Waals surface area contributed by atoms with Crippen molar-refractivity contribution in [3.05, 3.63) is 18.2 Å². The lowest BCUT2D eigenvalue weighted by atomic mass is 10.5. The van der Waals surface area contributed by atoms with Gasteiger partial charge >= 0.3 is 5.97 Å². The van der Waals surface area contributed by atoms with Crippen LogP contribution in [-0.4, -0.2) is 50.0 Å². The number of carbonyl (C=O) groups excluding carboxylic acids is 1.